The summed E-state index contributed by atoms with van der Waals surface area (Å²) in [4.78, 5) is 38.1. The number of hydrogen-bond acceptors (Lipinski definition) is 6. The molecule has 0 spiro atoms. The second kappa shape index (κ2) is 12.5. The highest BCUT2D eigenvalue weighted by Gasteiger charge is 2.55. The van der Waals surface area contributed by atoms with Gasteiger partial charge in [-0.15, -0.1) is 0 Å². The van der Waals surface area contributed by atoms with Crippen LogP contribution in [0, 0.1) is 11.3 Å². The zero-order valence-electron chi connectivity index (χ0n) is 19.5. The molecule has 0 saturated heterocycles. The number of ether oxygens (including phenoxy) is 2. The van der Waals surface area contributed by atoms with Gasteiger partial charge in [-0.1, -0.05) is 50.5 Å². The van der Waals surface area contributed by atoms with Gasteiger partial charge in [0.25, 0.3) is 0 Å². The topological polar surface area (TPSA) is 89.9 Å². The maximum atomic E-state index is 13.1. The molecule has 1 unspecified atom stereocenters. The minimum atomic E-state index is -1.32. The smallest absolute Gasteiger partial charge is 0.338 e. The van der Waals surface area contributed by atoms with Crippen LogP contribution in [-0.2, 0) is 25.5 Å². The molecule has 0 bridgehead atoms. The molecule has 6 heteroatoms. The first-order valence-electron chi connectivity index (χ1n) is 11.7. The first-order valence-corrected chi connectivity index (χ1v) is 11.7. The molecular weight excluding hydrogens is 408 g/mol. The van der Waals surface area contributed by atoms with Crippen LogP contribution in [0.5, 0.6) is 0 Å². The lowest BCUT2D eigenvalue weighted by Gasteiger charge is -2.30. The fraction of sp³-hybridized carbons (Fsp3) is 0.577. The molecule has 1 N–H and O–H groups in total. The number of esters is 2. The summed E-state index contributed by atoms with van der Waals surface area (Å²) in [6.45, 7) is 6.06. The van der Waals surface area contributed by atoms with E-state index in [2.05, 4.69) is 6.92 Å². The van der Waals surface area contributed by atoms with Gasteiger partial charge in [0, 0.05) is 12.3 Å². The molecule has 1 aromatic carbocycles. The average Bonchev–Trinajstić information content (AvgIpc) is 3.09. The summed E-state index contributed by atoms with van der Waals surface area (Å²) in [6.07, 6.45) is 7.69. The van der Waals surface area contributed by atoms with Crippen molar-refractivity contribution < 1.29 is 29.0 Å². The molecule has 6 nitrogen and oxygen atoms in total. The third-order valence-electron chi connectivity index (χ3n) is 6.07. The minimum Gasteiger partial charge on any atom is -0.465 e. The molecule has 176 valence electrons. The number of hydrogen-bond donors (Lipinski definition) is 1. The molecule has 2 rings (SSSR count). The molecule has 1 saturated carbocycles. The second-order valence-corrected chi connectivity index (χ2v) is 8.30. The highest BCUT2D eigenvalue weighted by atomic mass is 16.5. The molecule has 1 fully saturated rings. The SMILES string of the molecule is CCCCCC(O)C=C[C@H]1CCC(=O)[C@]1(Cc1ccc(C(=O)OCC)cc1)C(=O)OCC. The second-order valence-electron chi connectivity index (χ2n) is 8.30. The van der Waals surface area contributed by atoms with Crippen LogP contribution in [0.2, 0.25) is 0 Å². The van der Waals surface area contributed by atoms with E-state index >= 15 is 0 Å². The monoisotopic (exact) mass is 444 g/mol. The van der Waals surface area contributed by atoms with Gasteiger partial charge in [-0.05, 0) is 50.8 Å². The molecule has 0 amide bonds. The quantitative estimate of drug-likeness (QED) is 0.222. The van der Waals surface area contributed by atoms with E-state index in [1.165, 1.54) is 0 Å². The van der Waals surface area contributed by atoms with E-state index in [0.717, 1.165) is 24.8 Å². The maximum absolute atomic E-state index is 13.1. The Balaban J connectivity index is 2.28. The number of aliphatic hydroxyl groups excluding tert-OH is 1. The number of benzene rings is 1. The van der Waals surface area contributed by atoms with Gasteiger partial charge in [0.2, 0.25) is 0 Å². The molecule has 1 aliphatic carbocycles. The summed E-state index contributed by atoms with van der Waals surface area (Å²) in [5.74, 6) is -1.42. The predicted octanol–water partition coefficient (Wildman–Crippen LogP) is 4.43. The Hall–Kier alpha value is -2.47. The van der Waals surface area contributed by atoms with Crippen LogP contribution in [0.25, 0.3) is 0 Å². The lowest BCUT2D eigenvalue weighted by Crippen LogP contribution is -2.43. The van der Waals surface area contributed by atoms with E-state index in [4.69, 9.17) is 9.47 Å². The molecule has 1 aliphatic rings. The van der Waals surface area contributed by atoms with Crippen LogP contribution in [0.3, 0.4) is 0 Å². The molecule has 1 aromatic rings. The normalized spacial score (nSPS) is 21.6. The molecule has 3 atom stereocenters. The standard InChI is InChI=1S/C26H36O6/c1-4-7-8-9-22(27)16-14-21-15-17-23(28)26(21,25(30)32-6-3)18-19-10-12-20(13-11-19)24(29)31-5-2/h10-14,16,21-22,27H,4-9,15,17-18H2,1-3H3/t21-,22?,26+/m0/s1. The molecule has 0 radical (unpaired) electrons. The highest BCUT2D eigenvalue weighted by Crippen LogP contribution is 2.45. The van der Waals surface area contributed by atoms with Crippen molar-refractivity contribution in [2.45, 2.75) is 71.8 Å². The van der Waals surface area contributed by atoms with Crippen LogP contribution in [0.1, 0.15) is 75.2 Å². The summed E-state index contributed by atoms with van der Waals surface area (Å²) in [5.41, 5.74) is -0.130. The zero-order chi connectivity index (χ0) is 23.6. The Kier molecular flexibility index (Phi) is 10.1. The van der Waals surface area contributed by atoms with Gasteiger partial charge in [0.15, 0.2) is 5.78 Å². The van der Waals surface area contributed by atoms with Crippen molar-refractivity contribution in [2.75, 3.05) is 13.2 Å². The van der Waals surface area contributed by atoms with E-state index in [-0.39, 0.29) is 24.7 Å². The van der Waals surface area contributed by atoms with Crippen molar-refractivity contribution in [3.05, 3.63) is 47.5 Å². The van der Waals surface area contributed by atoms with Gasteiger partial charge in [0.05, 0.1) is 24.9 Å². The molecule has 0 heterocycles. The summed E-state index contributed by atoms with van der Waals surface area (Å²) < 4.78 is 10.4. The Labute approximate surface area is 191 Å². The van der Waals surface area contributed by atoms with Crippen LogP contribution < -0.4 is 0 Å². The van der Waals surface area contributed by atoms with E-state index in [0.29, 0.717) is 31.4 Å². The highest BCUT2D eigenvalue weighted by molar-refractivity contribution is 6.06. The number of rotatable bonds is 12. The molecule has 0 aromatic heterocycles. The van der Waals surface area contributed by atoms with Crippen LogP contribution in [-0.4, -0.2) is 42.1 Å². The lowest BCUT2D eigenvalue weighted by atomic mass is 9.72. The molecule has 32 heavy (non-hydrogen) atoms. The summed E-state index contributed by atoms with van der Waals surface area (Å²) >= 11 is 0. The van der Waals surface area contributed by atoms with E-state index in [1.54, 1.807) is 44.2 Å². The summed E-state index contributed by atoms with van der Waals surface area (Å²) in [7, 11) is 0. The summed E-state index contributed by atoms with van der Waals surface area (Å²) in [6, 6.07) is 6.79. The van der Waals surface area contributed by atoms with Crippen LogP contribution >= 0.6 is 0 Å². The van der Waals surface area contributed by atoms with Crippen LogP contribution in [0.15, 0.2) is 36.4 Å². The van der Waals surface area contributed by atoms with Crippen molar-refractivity contribution in [3.8, 4) is 0 Å². The van der Waals surface area contributed by atoms with Crippen molar-refractivity contribution >= 4 is 17.7 Å². The Morgan fingerprint density at radius 3 is 2.44 bits per heavy atom. The summed E-state index contributed by atoms with van der Waals surface area (Å²) in [5, 5.41) is 10.3. The van der Waals surface area contributed by atoms with Crippen molar-refractivity contribution in [1.82, 2.24) is 0 Å². The van der Waals surface area contributed by atoms with Gasteiger partial charge in [-0.25, -0.2) is 4.79 Å². The Morgan fingerprint density at radius 1 is 1.12 bits per heavy atom. The fourth-order valence-corrected chi connectivity index (χ4v) is 4.31. The van der Waals surface area contributed by atoms with E-state index < -0.39 is 23.5 Å². The van der Waals surface area contributed by atoms with Gasteiger partial charge >= 0.3 is 11.9 Å². The number of carbonyl (C=O) groups excluding carboxylic acids is 3. The van der Waals surface area contributed by atoms with Gasteiger partial charge < -0.3 is 14.6 Å². The van der Waals surface area contributed by atoms with Gasteiger partial charge in [-0.3, -0.25) is 9.59 Å². The first-order chi connectivity index (χ1) is 15.4. The van der Waals surface area contributed by atoms with Crippen molar-refractivity contribution in [3.63, 3.8) is 0 Å². The predicted molar refractivity (Wildman–Crippen MR) is 122 cm³/mol. The number of Topliss-reactive ketones (excluding diaryl/α,β-unsaturated/α-hetero) is 1. The molecular formula is C26H36O6. The maximum Gasteiger partial charge on any atom is 0.338 e. The molecule has 0 aliphatic heterocycles. The van der Waals surface area contributed by atoms with Crippen molar-refractivity contribution in [1.29, 1.82) is 0 Å². The van der Waals surface area contributed by atoms with Gasteiger partial charge in [-0.2, -0.15) is 0 Å². The zero-order valence-corrected chi connectivity index (χ0v) is 19.5. The van der Waals surface area contributed by atoms with Gasteiger partial charge in [0.1, 0.15) is 5.41 Å². The number of ketones is 1. The van der Waals surface area contributed by atoms with E-state index in [9.17, 15) is 19.5 Å². The number of allylic oxidation sites excluding steroid dienone is 1. The number of aliphatic hydroxyl groups is 1. The Morgan fingerprint density at radius 2 is 1.81 bits per heavy atom. The van der Waals surface area contributed by atoms with E-state index in [1.807, 2.05) is 6.08 Å². The Bertz CT molecular complexity index is 797. The number of carbonyl (C=O) groups is 3. The lowest BCUT2D eigenvalue weighted by molar-refractivity contribution is -0.160. The minimum absolute atomic E-state index is 0.138. The third-order valence-corrected chi connectivity index (χ3v) is 6.07. The third kappa shape index (κ3) is 6.28. The largest absolute Gasteiger partial charge is 0.465 e. The number of unbranched alkanes of at least 4 members (excludes halogenated alkanes) is 2. The first kappa shape index (κ1) is 25.8. The van der Waals surface area contributed by atoms with Crippen LogP contribution in [0.4, 0.5) is 0 Å². The average molecular weight is 445 g/mol. The fourth-order valence-electron chi connectivity index (χ4n) is 4.31. The van der Waals surface area contributed by atoms with Crippen molar-refractivity contribution in [2.24, 2.45) is 11.3 Å².